The van der Waals surface area contributed by atoms with Gasteiger partial charge in [-0.05, 0) is 19.1 Å². The highest BCUT2D eigenvalue weighted by atomic mass is 15.1. The van der Waals surface area contributed by atoms with Crippen LogP contribution in [0.25, 0.3) is 16.6 Å². The van der Waals surface area contributed by atoms with E-state index in [1.165, 1.54) is 11.0 Å². The zero-order valence-electron chi connectivity index (χ0n) is 8.23. The third-order valence-corrected chi connectivity index (χ3v) is 2.74. The van der Waals surface area contributed by atoms with Crippen molar-refractivity contribution in [3.8, 4) is 0 Å². The van der Waals surface area contributed by atoms with E-state index in [4.69, 9.17) is 0 Å². The minimum absolute atomic E-state index is 1.06. The van der Waals surface area contributed by atoms with Gasteiger partial charge in [-0.1, -0.05) is 6.07 Å². The maximum Gasteiger partial charge on any atom is 0.107 e. The van der Waals surface area contributed by atoms with E-state index in [0.717, 1.165) is 11.3 Å². The Hall–Kier alpha value is -1.77. The molecule has 3 nitrogen and oxygen atoms in total. The van der Waals surface area contributed by atoms with Crippen LogP contribution in [-0.2, 0) is 7.05 Å². The molecule has 0 aliphatic heterocycles. The molecule has 0 aliphatic carbocycles. The van der Waals surface area contributed by atoms with Crippen LogP contribution in [0.15, 0.2) is 30.6 Å². The lowest BCUT2D eigenvalue weighted by atomic mass is 10.4. The Labute approximate surface area is 81.6 Å². The molecule has 0 aromatic carbocycles. The van der Waals surface area contributed by atoms with E-state index in [1.807, 2.05) is 19.2 Å². The Morgan fingerprint density at radius 2 is 2.14 bits per heavy atom. The SMILES string of the molecule is Cc1nc2cn3ccccc3c2n1C. The Bertz CT molecular complexity index is 616. The number of hydrogen-bond donors (Lipinski definition) is 0. The van der Waals surface area contributed by atoms with Gasteiger partial charge in [-0.2, -0.15) is 0 Å². The van der Waals surface area contributed by atoms with Gasteiger partial charge in [0.25, 0.3) is 0 Å². The molecular formula is C11H11N3. The average molecular weight is 185 g/mol. The van der Waals surface area contributed by atoms with E-state index in [2.05, 4.69) is 39.3 Å². The third kappa shape index (κ3) is 0.789. The summed E-state index contributed by atoms with van der Waals surface area (Å²) in [7, 11) is 2.05. The molecule has 14 heavy (non-hydrogen) atoms. The van der Waals surface area contributed by atoms with Crippen molar-refractivity contribution in [2.75, 3.05) is 0 Å². The molecule has 0 spiro atoms. The maximum atomic E-state index is 4.49. The number of hydrogen-bond acceptors (Lipinski definition) is 1. The first kappa shape index (κ1) is 7.62. The lowest BCUT2D eigenvalue weighted by Gasteiger charge is -1.97. The first-order valence-corrected chi connectivity index (χ1v) is 4.66. The van der Waals surface area contributed by atoms with Crippen molar-refractivity contribution in [2.24, 2.45) is 7.05 Å². The minimum atomic E-state index is 1.06. The van der Waals surface area contributed by atoms with Crippen molar-refractivity contribution in [3.63, 3.8) is 0 Å². The van der Waals surface area contributed by atoms with Crippen LogP contribution in [0.3, 0.4) is 0 Å². The van der Waals surface area contributed by atoms with Gasteiger partial charge in [0.1, 0.15) is 11.3 Å². The Kier molecular flexibility index (Phi) is 1.29. The van der Waals surface area contributed by atoms with Crippen LogP contribution in [0, 0.1) is 6.92 Å². The van der Waals surface area contributed by atoms with Crippen LogP contribution in [-0.4, -0.2) is 14.0 Å². The van der Waals surface area contributed by atoms with E-state index in [9.17, 15) is 0 Å². The highest BCUT2D eigenvalue weighted by molar-refractivity contribution is 5.92. The highest BCUT2D eigenvalue weighted by Crippen LogP contribution is 2.21. The molecule has 3 aromatic rings. The molecule has 3 heterocycles. The van der Waals surface area contributed by atoms with Crippen LogP contribution in [0.1, 0.15) is 5.82 Å². The number of aryl methyl sites for hydroxylation is 2. The van der Waals surface area contributed by atoms with Crippen molar-refractivity contribution in [3.05, 3.63) is 36.4 Å². The number of imidazole rings is 1. The number of fused-ring (bicyclic) bond motifs is 3. The number of aromatic nitrogens is 3. The molecule has 0 radical (unpaired) electrons. The molecule has 0 saturated carbocycles. The molecule has 0 N–H and O–H groups in total. The molecular weight excluding hydrogens is 174 g/mol. The standard InChI is InChI=1S/C11H11N3/c1-8-12-9-7-14-6-4-3-5-10(14)11(9)13(8)2/h3-7H,1-2H3. The summed E-state index contributed by atoms with van der Waals surface area (Å²) in [6.07, 6.45) is 4.12. The molecule has 0 saturated heterocycles. The van der Waals surface area contributed by atoms with E-state index in [-0.39, 0.29) is 0 Å². The summed E-state index contributed by atoms with van der Waals surface area (Å²) >= 11 is 0. The summed E-state index contributed by atoms with van der Waals surface area (Å²) in [5.74, 6) is 1.06. The normalized spacial score (nSPS) is 11.6. The second kappa shape index (κ2) is 2.38. The molecule has 0 amide bonds. The van der Waals surface area contributed by atoms with Crippen molar-refractivity contribution < 1.29 is 0 Å². The largest absolute Gasteiger partial charge is 0.330 e. The summed E-state index contributed by atoms with van der Waals surface area (Å²) in [5.41, 5.74) is 3.49. The Balaban J connectivity index is 2.62. The van der Waals surface area contributed by atoms with Crippen LogP contribution in [0.5, 0.6) is 0 Å². The fourth-order valence-electron chi connectivity index (χ4n) is 1.93. The van der Waals surface area contributed by atoms with Gasteiger partial charge in [0.05, 0.1) is 11.0 Å². The van der Waals surface area contributed by atoms with Crippen LogP contribution < -0.4 is 0 Å². The second-order valence-corrected chi connectivity index (χ2v) is 3.57. The van der Waals surface area contributed by atoms with Gasteiger partial charge in [0, 0.05) is 19.4 Å². The third-order valence-electron chi connectivity index (χ3n) is 2.74. The topological polar surface area (TPSA) is 22.2 Å². The van der Waals surface area contributed by atoms with Gasteiger partial charge in [0.15, 0.2) is 0 Å². The maximum absolute atomic E-state index is 4.49. The monoisotopic (exact) mass is 185 g/mol. The quantitative estimate of drug-likeness (QED) is 0.526. The summed E-state index contributed by atoms with van der Waals surface area (Å²) in [5, 5.41) is 0. The molecule has 3 rings (SSSR count). The number of pyridine rings is 1. The van der Waals surface area contributed by atoms with E-state index in [1.54, 1.807) is 0 Å². The van der Waals surface area contributed by atoms with Gasteiger partial charge in [-0.15, -0.1) is 0 Å². The fraction of sp³-hybridized carbons (Fsp3) is 0.182. The lowest BCUT2D eigenvalue weighted by molar-refractivity contribution is 0.885. The summed E-state index contributed by atoms with van der Waals surface area (Å²) in [4.78, 5) is 4.49. The number of nitrogens with zero attached hydrogens (tertiary/aromatic N) is 3. The summed E-state index contributed by atoms with van der Waals surface area (Å²) in [6, 6.07) is 6.19. The van der Waals surface area contributed by atoms with Gasteiger partial charge >= 0.3 is 0 Å². The molecule has 0 atom stereocenters. The average Bonchev–Trinajstić information content (AvgIpc) is 2.65. The molecule has 3 aromatic heterocycles. The van der Waals surface area contributed by atoms with Crippen molar-refractivity contribution >= 4 is 16.6 Å². The highest BCUT2D eigenvalue weighted by Gasteiger charge is 2.09. The predicted octanol–water partition coefficient (Wildman–Crippen LogP) is 2.13. The molecule has 0 unspecified atom stereocenters. The second-order valence-electron chi connectivity index (χ2n) is 3.57. The zero-order valence-corrected chi connectivity index (χ0v) is 8.23. The summed E-state index contributed by atoms with van der Waals surface area (Å²) < 4.78 is 4.24. The van der Waals surface area contributed by atoms with Crippen LogP contribution in [0.2, 0.25) is 0 Å². The lowest BCUT2D eigenvalue weighted by Crippen LogP contribution is -1.91. The smallest absolute Gasteiger partial charge is 0.107 e. The van der Waals surface area contributed by atoms with Crippen molar-refractivity contribution in [1.82, 2.24) is 14.0 Å². The molecule has 3 heteroatoms. The molecule has 0 fully saturated rings. The molecule has 0 bridgehead atoms. The van der Waals surface area contributed by atoms with Crippen LogP contribution in [0.4, 0.5) is 0 Å². The summed E-state index contributed by atoms with van der Waals surface area (Å²) in [6.45, 7) is 2.03. The van der Waals surface area contributed by atoms with Crippen LogP contribution >= 0.6 is 0 Å². The van der Waals surface area contributed by atoms with Crippen molar-refractivity contribution in [1.29, 1.82) is 0 Å². The Morgan fingerprint density at radius 1 is 1.29 bits per heavy atom. The zero-order chi connectivity index (χ0) is 9.71. The van der Waals surface area contributed by atoms with Gasteiger partial charge in [-0.25, -0.2) is 4.98 Å². The van der Waals surface area contributed by atoms with E-state index >= 15 is 0 Å². The molecule has 70 valence electrons. The minimum Gasteiger partial charge on any atom is -0.330 e. The first-order chi connectivity index (χ1) is 6.77. The van der Waals surface area contributed by atoms with Crippen molar-refractivity contribution in [2.45, 2.75) is 6.92 Å². The Morgan fingerprint density at radius 3 is 3.00 bits per heavy atom. The first-order valence-electron chi connectivity index (χ1n) is 4.66. The van der Waals surface area contributed by atoms with Gasteiger partial charge < -0.3 is 8.97 Å². The van der Waals surface area contributed by atoms with E-state index < -0.39 is 0 Å². The van der Waals surface area contributed by atoms with Gasteiger partial charge in [-0.3, -0.25) is 0 Å². The van der Waals surface area contributed by atoms with E-state index in [0.29, 0.717) is 0 Å². The fourth-order valence-corrected chi connectivity index (χ4v) is 1.93. The predicted molar refractivity (Wildman–Crippen MR) is 56.4 cm³/mol. The molecule has 0 aliphatic rings. The number of rotatable bonds is 0. The van der Waals surface area contributed by atoms with Gasteiger partial charge in [0.2, 0.25) is 0 Å².